The molecule has 0 spiro atoms. The standard InChI is InChI=1S/C15H18BrF3N2O/c16-11-14(22)21-9-7-20(8-10-21)6-5-12-3-1-2-4-13(12)15(17,18)19/h1-4H,5-11H2. The third kappa shape index (κ3) is 4.46. The van der Waals surface area contributed by atoms with Crippen LogP contribution in [0.4, 0.5) is 13.2 Å². The highest BCUT2D eigenvalue weighted by atomic mass is 79.9. The molecule has 3 nitrogen and oxygen atoms in total. The summed E-state index contributed by atoms with van der Waals surface area (Å²) < 4.78 is 38.8. The van der Waals surface area contributed by atoms with Gasteiger partial charge >= 0.3 is 6.18 Å². The Balaban J connectivity index is 1.89. The van der Waals surface area contributed by atoms with Gasteiger partial charge in [-0.3, -0.25) is 9.69 Å². The summed E-state index contributed by atoms with van der Waals surface area (Å²) >= 11 is 3.14. The molecule has 1 saturated heterocycles. The first kappa shape index (κ1) is 17.3. The number of carbonyl (C=O) groups excluding carboxylic acids is 1. The molecule has 7 heteroatoms. The van der Waals surface area contributed by atoms with Crippen molar-refractivity contribution in [3.8, 4) is 0 Å². The van der Waals surface area contributed by atoms with Crippen molar-refractivity contribution in [2.45, 2.75) is 12.6 Å². The van der Waals surface area contributed by atoms with Crippen molar-refractivity contribution in [2.75, 3.05) is 38.1 Å². The summed E-state index contributed by atoms with van der Waals surface area (Å²) in [6.45, 7) is 3.24. The zero-order valence-electron chi connectivity index (χ0n) is 12.1. The first-order chi connectivity index (χ1) is 10.4. The Bertz CT molecular complexity index is 514. The molecule has 0 radical (unpaired) electrons. The Labute approximate surface area is 136 Å². The minimum atomic E-state index is -4.31. The topological polar surface area (TPSA) is 23.6 Å². The zero-order chi connectivity index (χ0) is 16.2. The van der Waals surface area contributed by atoms with Crippen molar-refractivity contribution in [2.24, 2.45) is 0 Å². The van der Waals surface area contributed by atoms with Crippen molar-refractivity contribution in [1.29, 1.82) is 0 Å². The van der Waals surface area contributed by atoms with E-state index in [0.717, 1.165) is 6.07 Å². The summed E-state index contributed by atoms with van der Waals surface area (Å²) in [5.41, 5.74) is -0.225. The van der Waals surface area contributed by atoms with E-state index in [2.05, 4.69) is 20.8 Å². The van der Waals surface area contributed by atoms with Crippen molar-refractivity contribution in [3.63, 3.8) is 0 Å². The molecule has 0 atom stereocenters. The zero-order valence-corrected chi connectivity index (χ0v) is 13.7. The molecule has 0 bridgehead atoms. The number of hydrogen-bond donors (Lipinski definition) is 0. The Morgan fingerprint density at radius 1 is 1.14 bits per heavy atom. The van der Waals surface area contributed by atoms with Crippen LogP contribution < -0.4 is 0 Å². The van der Waals surface area contributed by atoms with Crippen LogP contribution in [0.5, 0.6) is 0 Å². The van der Waals surface area contributed by atoms with Gasteiger partial charge in [-0.25, -0.2) is 0 Å². The van der Waals surface area contributed by atoms with E-state index < -0.39 is 11.7 Å². The number of carbonyl (C=O) groups is 1. The van der Waals surface area contributed by atoms with Crippen LogP contribution in [0.1, 0.15) is 11.1 Å². The lowest BCUT2D eigenvalue weighted by Gasteiger charge is -2.34. The number of halogens is 4. The van der Waals surface area contributed by atoms with Gasteiger partial charge in [0.25, 0.3) is 0 Å². The van der Waals surface area contributed by atoms with Crippen LogP contribution in [0.2, 0.25) is 0 Å². The maximum atomic E-state index is 12.9. The molecule has 0 aromatic heterocycles. The summed E-state index contributed by atoms with van der Waals surface area (Å²) in [6.07, 6.45) is -3.94. The molecule has 22 heavy (non-hydrogen) atoms. The Morgan fingerprint density at radius 3 is 2.36 bits per heavy atom. The van der Waals surface area contributed by atoms with E-state index in [9.17, 15) is 18.0 Å². The number of benzene rings is 1. The Morgan fingerprint density at radius 2 is 1.77 bits per heavy atom. The van der Waals surface area contributed by atoms with E-state index in [1.807, 2.05) is 0 Å². The average molecular weight is 379 g/mol. The molecule has 122 valence electrons. The molecule has 0 aliphatic carbocycles. The predicted octanol–water partition coefficient (Wildman–Crippen LogP) is 2.79. The predicted molar refractivity (Wildman–Crippen MR) is 82.0 cm³/mol. The van der Waals surface area contributed by atoms with Crippen LogP contribution in [-0.4, -0.2) is 53.8 Å². The van der Waals surface area contributed by atoms with Crippen LogP contribution >= 0.6 is 15.9 Å². The van der Waals surface area contributed by atoms with Gasteiger partial charge in [-0.1, -0.05) is 34.1 Å². The van der Waals surface area contributed by atoms with Gasteiger partial charge in [0.05, 0.1) is 10.9 Å². The van der Waals surface area contributed by atoms with Gasteiger partial charge < -0.3 is 4.90 Å². The molecule has 1 aromatic rings. The fourth-order valence-electron chi connectivity index (χ4n) is 2.60. The third-order valence-electron chi connectivity index (χ3n) is 3.86. The van der Waals surface area contributed by atoms with Crippen molar-refractivity contribution < 1.29 is 18.0 Å². The second-order valence-corrected chi connectivity index (χ2v) is 5.82. The van der Waals surface area contributed by atoms with Crippen LogP contribution in [0.3, 0.4) is 0 Å². The largest absolute Gasteiger partial charge is 0.416 e. The van der Waals surface area contributed by atoms with E-state index in [4.69, 9.17) is 0 Å². The molecule has 0 saturated carbocycles. The average Bonchev–Trinajstić information content (AvgIpc) is 2.52. The van der Waals surface area contributed by atoms with E-state index in [1.165, 1.54) is 12.1 Å². The van der Waals surface area contributed by atoms with Gasteiger partial charge in [-0.2, -0.15) is 13.2 Å². The summed E-state index contributed by atoms with van der Waals surface area (Å²) in [5, 5.41) is 0.311. The minimum Gasteiger partial charge on any atom is -0.339 e. The highest BCUT2D eigenvalue weighted by Gasteiger charge is 2.32. The third-order valence-corrected chi connectivity index (χ3v) is 4.34. The number of amides is 1. The first-order valence-corrected chi connectivity index (χ1v) is 8.25. The second-order valence-electron chi connectivity index (χ2n) is 5.26. The van der Waals surface area contributed by atoms with Crippen LogP contribution in [0.25, 0.3) is 0 Å². The molecule has 1 amide bonds. The molecular weight excluding hydrogens is 361 g/mol. The van der Waals surface area contributed by atoms with E-state index in [1.54, 1.807) is 11.0 Å². The summed E-state index contributed by atoms with van der Waals surface area (Å²) in [5.74, 6) is 0.0575. The monoisotopic (exact) mass is 378 g/mol. The summed E-state index contributed by atoms with van der Waals surface area (Å²) in [4.78, 5) is 15.4. The minimum absolute atomic E-state index is 0.0575. The van der Waals surface area contributed by atoms with Crippen molar-refractivity contribution >= 4 is 21.8 Å². The lowest BCUT2D eigenvalue weighted by Crippen LogP contribution is -2.49. The molecule has 1 fully saturated rings. The molecule has 1 aromatic carbocycles. The Kier molecular flexibility index (Phi) is 5.86. The smallest absolute Gasteiger partial charge is 0.339 e. The number of rotatable bonds is 4. The molecule has 1 aliphatic heterocycles. The maximum absolute atomic E-state index is 12.9. The number of hydrogen-bond acceptors (Lipinski definition) is 2. The highest BCUT2D eigenvalue weighted by molar-refractivity contribution is 9.09. The van der Waals surface area contributed by atoms with Crippen LogP contribution in [0.15, 0.2) is 24.3 Å². The van der Waals surface area contributed by atoms with Gasteiger partial charge in [0.15, 0.2) is 0 Å². The number of alkyl halides is 4. The van der Waals surface area contributed by atoms with Gasteiger partial charge in [0.1, 0.15) is 0 Å². The maximum Gasteiger partial charge on any atom is 0.416 e. The van der Waals surface area contributed by atoms with Gasteiger partial charge in [0, 0.05) is 32.7 Å². The van der Waals surface area contributed by atoms with E-state index in [-0.39, 0.29) is 5.91 Å². The molecule has 0 N–H and O–H groups in total. The fourth-order valence-corrected chi connectivity index (χ4v) is 2.95. The molecule has 2 rings (SSSR count). The normalized spacial score (nSPS) is 16.8. The molecular formula is C15H18BrF3N2O. The summed E-state index contributed by atoms with van der Waals surface area (Å²) in [6, 6.07) is 5.71. The lowest BCUT2D eigenvalue weighted by molar-refractivity contribution is -0.138. The number of nitrogens with zero attached hydrogens (tertiary/aromatic N) is 2. The highest BCUT2D eigenvalue weighted by Crippen LogP contribution is 2.32. The van der Waals surface area contributed by atoms with Gasteiger partial charge in [0.2, 0.25) is 5.91 Å². The van der Waals surface area contributed by atoms with E-state index in [0.29, 0.717) is 50.0 Å². The van der Waals surface area contributed by atoms with Crippen LogP contribution in [0, 0.1) is 0 Å². The van der Waals surface area contributed by atoms with Crippen molar-refractivity contribution in [1.82, 2.24) is 9.80 Å². The molecule has 0 unspecified atom stereocenters. The summed E-state index contributed by atoms with van der Waals surface area (Å²) in [7, 11) is 0. The van der Waals surface area contributed by atoms with E-state index >= 15 is 0 Å². The van der Waals surface area contributed by atoms with Crippen molar-refractivity contribution in [3.05, 3.63) is 35.4 Å². The first-order valence-electron chi connectivity index (χ1n) is 7.13. The number of piperazine rings is 1. The molecule has 1 aliphatic rings. The quantitative estimate of drug-likeness (QED) is 0.752. The van der Waals surface area contributed by atoms with Crippen LogP contribution in [-0.2, 0) is 17.4 Å². The van der Waals surface area contributed by atoms with Gasteiger partial charge in [-0.05, 0) is 18.1 Å². The molecule has 1 heterocycles. The SMILES string of the molecule is O=C(CBr)N1CCN(CCc2ccccc2C(F)(F)F)CC1. The second kappa shape index (κ2) is 7.46. The van der Waals surface area contributed by atoms with Gasteiger partial charge in [-0.15, -0.1) is 0 Å². The lowest BCUT2D eigenvalue weighted by atomic mass is 10.0. The fraction of sp³-hybridized carbons (Fsp3) is 0.533. The Hall–Kier alpha value is -1.08.